The van der Waals surface area contributed by atoms with Crippen LogP contribution in [0.5, 0.6) is 11.5 Å². The van der Waals surface area contributed by atoms with Gasteiger partial charge in [-0.2, -0.15) is 0 Å². The topological polar surface area (TPSA) is 72.5 Å². The highest BCUT2D eigenvalue weighted by molar-refractivity contribution is 6.03. The highest BCUT2D eigenvalue weighted by Gasteiger charge is 2.15. The van der Waals surface area contributed by atoms with Crippen LogP contribution >= 0.6 is 0 Å². The summed E-state index contributed by atoms with van der Waals surface area (Å²) in [6, 6.07) is 20.4. The number of hydrogen-bond acceptors (Lipinski definition) is 5. The predicted molar refractivity (Wildman–Crippen MR) is 113 cm³/mol. The monoisotopic (exact) mass is 389 g/mol. The van der Waals surface area contributed by atoms with Crippen molar-refractivity contribution in [3.63, 3.8) is 0 Å². The molecule has 1 aliphatic rings. The highest BCUT2D eigenvalue weighted by atomic mass is 16.5. The molecule has 2 heterocycles. The summed E-state index contributed by atoms with van der Waals surface area (Å²) in [5, 5.41) is 6.18. The first kappa shape index (κ1) is 19.0. The van der Waals surface area contributed by atoms with Gasteiger partial charge in [-0.25, -0.2) is 0 Å². The van der Waals surface area contributed by atoms with E-state index >= 15 is 0 Å². The lowest BCUT2D eigenvalue weighted by molar-refractivity contribution is 0.102. The minimum Gasteiger partial charge on any atom is -0.457 e. The van der Waals surface area contributed by atoms with Crippen LogP contribution in [0.4, 0.5) is 11.4 Å². The fourth-order valence-corrected chi connectivity index (χ4v) is 3.13. The molecule has 1 saturated heterocycles. The van der Waals surface area contributed by atoms with E-state index < -0.39 is 0 Å². The summed E-state index contributed by atoms with van der Waals surface area (Å²) in [4.78, 5) is 16.7. The number of nitrogens with zero attached hydrogens (tertiary/aromatic N) is 1. The maximum Gasteiger partial charge on any atom is 0.274 e. The van der Waals surface area contributed by atoms with Crippen molar-refractivity contribution in [3.05, 3.63) is 78.6 Å². The summed E-state index contributed by atoms with van der Waals surface area (Å²) >= 11 is 0. The number of aromatic nitrogens is 1. The standard InChI is InChI=1S/C23H23N3O3/c27-23(22-15-18(12-13-24-22)25-16-21-7-4-14-28-21)26-17-8-10-20(11-9-17)29-19-5-2-1-3-6-19/h1-3,5-6,8-13,15,21H,4,7,14,16H2,(H,24,25)(H,26,27). The Kier molecular flexibility index (Phi) is 6.02. The third kappa shape index (κ3) is 5.33. The maximum absolute atomic E-state index is 12.5. The van der Waals surface area contributed by atoms with Crippen LogP contribution < -0.4 is 15.4 Å². The Morgan fingerprint density at radius 2 is 1.83 bits per heavy atom. The Labute approximate surface area is 169 Å². The average molecular weight is 389 g/mol. The predicted octanol–water partition coefficient (Wildman–Crippen LogP) is 4.72. The van der Waals surface area contributed by atoms with E-state index in [-0.39, 0.29) is 12.0 Å². The number of para-hydroxylation sites is 1. The molecule has 1 aromatic heterocycles. The molecule has 4 rings (SSSR count). The van der Waals surface area contributed by atoms with Crippen molar-refractivity contribution in [3.8, 4) is 11.5 Å². The van der Waals surface area contributed by atoms with Gasteiger partial charge in [0.25, 0.3) is 5.91 Å². The molecule has 0 radical (unpaired) electrons. The van der Waals surface area contributed by atoms with Crippen molar-refractivity contribution in [2.75, 3.05) is 23.8 Å². The van der Waals surface area contributed by atoms with Crippen LogP contribution in [0.25, 0.3) is 0 Å². The SMILES string of the molecule is O=C(Nc1ccc(Oc2ccccc2)cc1)c1cc(NCC2CCCO2)ccn1. The van der Waals surface area contributed by atoms with Gasteiger partial charge >= 0.3 is 0 Å². The number of rotatable bonds is 7. The smallest absolute Gasteiger partial charge is 0.274 e. The van der Waals surface area contributed by atoms with Crippen molar-refractivity contribution in [2.24, 2.45) is 0 Å². The average Bonchev–Trinajstić information content (AvgIpc) is 3.28. The van der Waals surface area contributed by atoms with Gasteiger partial charge in [-0.15, -0.1) is 0 Å². The maximum atomic E-state index is 12.5. The first-order valence-electron chi connectivity index (χ1n) is 9.72. The van der Waals surface area contributed by atoms with Crippen LogP contribution in [-0.2, 0) is 4.74 Å². The minimum atomic E-state index is -0.262. The molecule has 1 fully saturated rings. The van der Waals surface area contributed by atoms with Crippen LogP contribution in [0.15, 0.2) is 72.9 Å². The molecule has 148 valence electrons. The summed E-state index contributed by atoms with van der Waals surface area (Å²) in [7, 11) is 0. The van der Waals surface area contributed by atoms with Gasteiger partial charge < -0.3 is 20.1 Å². The van der Waals surface area contributed by atoms with E-state index in [1.165, 1.54) is 0 Å². The summed E-state index contributed by atoms with van der Waals surface area (Å²) in [5.74, 6) is 1.20. The molecule has 3 aromatic rings. The number of amides is 1. The zero-order valence-corrected chi connectivity index (χ0v) is 16.0. The fraction of sp³-hybridized carbons (Fsp3) is 0.217. The third-order valence-electron chi connectivity index (χ3n) is 4.64. The first-order chi connectivity index (χ1) is 14.3. The van der Waals surface area contributed by atoms with Gasteiger partial charge in [-0.1, -0.05) is 18.2 Å². The Morgan fingerprint density at radius 1 is 1.03 bits per heavy atom. The van der Waals surface area contributed by atoms with Crippen molar-refractivity contribution in [2.45, 2.75) is 18.9 Å². The van der Waals surface area contributed by atoms with E-state index in [2.05, 4.69) is 15.6 Å². The van der Waals surface area contributed by atoms with Crippen LogP contribution in [0.1, 0.15) is 23.3 Å². The Hall–Kier alpha value is -3.38. The highest BCUT2D eigenvalue weighted by Crippen LogP contribution is 2.23. The van der Waals surface area contributed by atoms with Gasteiger partial charge in [0.2, 0.25) is 0 Å². The number of carbonyl (C=O) groups excluding carboxylic acids is 1. The van der Waals surface area contributed by atoms with Crippen molar-refractivity contribution >= 4 is 17.3 Å². The molecule has 1 amide bonds. The van der Waals surface area contributed by atoms with E-state index in [4.69, 9.17) is 9.47 Å². The van der Waals surface area contributed by atoms with Gasteiger partial charge in [0.05, 0.1) is 6.10 Å². The largest absolute Gasteiger partial charge is 0.457 e. The van der Waals surface area contributed by atoms with Gasteiger partial charge in [-0.05, 0) is 61.4 Å². The zero-order valence-electron chi connectivity index (χ0n) is 16.0. The molecule has 6 heteroatoms. The summed E-state index contributed by atoms with van der Waals surface area (Å²) < 4.78 is 11.4. The molecule has 0 saturated carbocycles. The molecule has 1 atom stereocenters. The number of ether oxygens (including phenoxy) is 2. The fourth-order valence-electron chi connectivity index (χ4n) is 3.13. The van der Waals surface area contributed by atoms with Crippen molar-refractivity contribution in [1.82, 2.24) is 4.98 Å². The molecule has 6 nitrogen and oxygen atoms in total. The van der Waals surface area contributed by atoms with Crippen molar-refractivity contribution in [1.29, 1.82) is 0 Å². The Morgan fingerprint density at radius 3 is 2.59 bits per heavy atom. The van der Waals surface area contributed by atoms with Gasteiger partial charge in [-0.3, -0.25) is 9.78 Å². The number of pyridine rings is 1. The third-order valence-corrected chi connectivity index (χ3v) is 4.64. The second kappa shape index (κ2) is 9.21. The number of benzene rings is 2. The molecule has 0 aliphatic carbocycles. The van der Waals surface area contributed by atoms with Crippen LogP contribution in [0.2, 0.25) is 0 Å². The molecule has 2 N–H and O–H groups in total. The normalized spacial score (nSPS) is 15.7. The second-order valence-electron chi connectivity index (χ2n) is 6.84. The van der Waals surface area contributed by atoms with Crippen molar-refractivity contribution < 1.29 is 14.3 Å². The minimum absolute atomic E-state index is 0.233. The van der Waals surface area contributed by atoms with Crippen LogP contribution in [0, 0.1) is 0 Å². The molecule has 1 aliphatic heterocycles. The summed E-state index contributed by atoms with van der Waals surface area (Å²) in [6.45, 7) is 1.56. The molecule has 0 bridgehead atoms. The molecule has 1 unspecified atom stereocenters. The van der Waals surface area contributed by atoms with Crippen LogP contribution in [-0.4, -0.2) is 30.1 Å². The summed E-state index contributed by atoms with van der Waals surface area (Å²) in [6.07, 6.45) is 4.03. The van der Waals surface area contributed by atoms with E-state index in [9.17, 15) is 4.79 Å². The molecule has 2 aromatic carbocycles. The molecule has 29 heavy (non-hydrogen) atoms. The Bertz CT molecular complexity index is 939. The first-order valence-corrected chi connectivity index (χ1v) is 9.72. The lowest BCUT2D eigenvalue weighted by Crippen LogP contribution is -2.19. The van der Waals surface area contributed by atoms with Crippen LogP contribution in [0.3, 0.4) is 0 Å². The van der Waals surface area contributed by atoms with E-state index in [1.54, 1.807) is 24.4 Å². The van der Waals surface area contributed by atoms with E-state index in [0.29, 0.717) is 17.1 Å². The zero-order chi connectivity index (χ0) is 19.9. The lowest BCUT2D eigenvalue weighted by Gasteiger charge is -2.12. The number of anilines is 2. The molecular weight excluding hydrogens is 366 g/mol. The van der Waals surface area contributed by atoms with Gasteiger partial charge in [0.1, 0.15) is 17.2 Å². The molecule has 0 spiro atoms. The van der Waals surface area contributed by atoms with Gasteiger partial charge in [0.15, 0.2) is 0 Å². The van der Waals surface area contributed by atoms with Gasteiger partial charge in [0, 0.05) is 30.7 Å². The van der Waals surface area contributed by atoms with E-state index in [1.807, 2.05) is 48.5 Å². The number of carbonyl (C=O) groups is 1. The number of nitrogens with one attached hydrogen (secondary N) is 2. The number of hydrogen-bond donors (Lipinski definition) is 2. The Balaban J connectivity index is 1.34. The lowest BCUT2D eigenvalue weighted by atomic mass is 10.2. The molecular formula is C23H23N3O3. The van der Waals surface area contributed by atoms with E-state index in [0.717, 1.165) is 37.4 Å². The quantitative estimate of drug-likeness (QED) is 0.612. The summed E-state index contributed by atoms with van der Waals surface area (Å²) in [5.41, 5.74) is 1.88. The second-order valence-corrected chi connectivity index (χ2v) is 6.84.